The standard InChI is InChI=1S/C25H33NO8/c1-22(2,28)11-23(3,29)21(27)33-20-19-15-9-17-16(31-13-32-17)8-14(15)18-10-26-7-5-6-24(19,26)12-25(20,30-4)34-18/h8-9,18-20,28-29H,5-7,10-13H2,1-4H3/t18-,19+,20-,23-,24-,25+/m0/s1. The van der Waals surface area contributed by atoms with Crippen LogP contribution in [0.1, 0.15) is 69.6 Å². The zero-order chi connectivity index (χ0) is 24.1. The Labute approximate surface area is 198 Å². The molecule has 0 amide bonds. The summed E-state index contributed by atoms with van der Waals surface area (Å²) in [5.74, 6) is -0.809. The van der Waals surface area contributed by atoms with E-state index in [-0.39, 0.29) is 30.8 Å². The Balaban J connectivity index is 1.47. The van der Waals surface area contributed by atoms with Crippen molar-refractivity contribution in [1.29, 1.82) is 0 Å². The molecule has 2 N–H and O–H groups in total. The van der Waals surface area contributed by atoms with Crippen molar-refractivity contribution >= 4 is 5.97 Å². The molecule has 0 radical (unpaired) electrons. The number of methoxy groups -OCH3 is 1. The maximum atomic E-state index is 13.3. The molecular formula is C25H33NO8. The van der Waals surface area contributed by atoms with E-state index in [1.165, 1.54) is 6.92 Å². The molecule has 1 aliphatic carbocycles. The molecule has 0 unspecified atom stereocenters. The Morgan fingerprint density at radius 1 is 1.21 bits per heavy atom. The van der Waals surface area contributed by atoms with Gasteiger partial charge >= 0.3 is 5.97 Å². The van der Waals surface area contributed by atoms with Gasteiger partial charge in [-0.05, 0) is 63.4 Å². The summed E-state index contributed by atoms with van der Waals surface area (Å²) in [7, 11) is 1.59. The second kappa shape index (κ2) is 7.07. The summed E-state index contributed by atoms with van der Waals surface area (Å²) in [4.78, 5) is 15.8. The van der Waals surface area contributed by atoms with Crippen molar-refractivity contribution in [2.75, 3.05) is 27.0 Å². The zero-order valence-corrected chi connectivity index (χ0v) is 20.1. The van der Waals surface area contributed by atoms with E-state index in [9.17, 15) is 15.0 Å². The molecule has 4 bridgehead atoms. The lowest BCUT2D eigenvalue weighted by molar-refractivity contribution is -0.284. The van der Waals surface area contributed by atoms with Gasteiger partial charge in [-0.2, -0.15) is 0 Å². The van der Waals surface area contributed by atoms with Gasteiger partial charge in [-0.1, -0.05) is 0 Å². The van der Waals surface area contributed by atoms with Crippen molar-refractivity contribution in [2.45, 2.75) is 87.1 Å². The maximum Gasteiger partial charge on any atom is 0.338 e. The van der Waals surface area contributed by atoms with Crippen molar-refractivity contribution < 1.29 is 38.7 Å². The molecule has 9 heteroatoms. The summed E-state index contributed by atoms with van der Waals surface area (Å²) in [5.41, 5.74) is -1.38. The third kappa shape index (κ3) is 3.07. The molecule has 1 aromatic rings. The molecule has 5 heterocycles. The lowest BCUT2D eigenvalue weighted by Gasteiger charge is -2.40. The average Bonchev–Trinajstić information content (AvgIpc) is 3.36. The zero-order valence-electron chi connectivity index (χ0n) is 20.1. The molecule has 1 saturated carbocycles. The van der Waals surface area contributed by atoms with Crippen LogP contribution in [0.3, 0.4) is 0 Å². The maximum absolute atomic E-state index is 13.3. The lowest BCUT2D eigenvalue weighted by atomic mass is 9.78. The van der Waals surface area contributed by atoms with Gasteiger partial charge in [0.1, 0.15) is 0 Å². The van der Waals surface area contributed by atoms with Crippen LogP contribution < -0.4 is 9.47 Å². The minimum atomic E-state index is -1.87. The molecule has 6 atom stereocenters. The fraction of sp³-hybridized carbons (Fsp3) is 0.720. The number of benzene rings is 1. The predicted octanol–water partition coefficient (Wildman–Crippen LogP) is 1.99. The van der Waals surface area contributed by atoms with E-state index < -0.39 is 29.1 Å². The van der Waals surface area contributed by atoms with E-state index in [1.807, 2.05) is 12.1 Å². The van der Waals surface area contributed by atoms with Gasteiger partial charge in [0.05, 0.1) is 11.7 Å². The molecule has 34 heavy (non-hydrogen) atoms. The summed E-state index contributed by atoms with van der Waals surface area (Å²) in [6.07, 6.45) is 1.32. The van der Waals surface area contributed by atoms with Gasteiger partial charge < -0.3 is 33.9 Å². The highest BCUT2D eigenvalue weighted by molar-refractivity contribution is 5.79. The van der Waals surface area contributed by atoms with Gasteiger partial charge in [0.15, 0.2) is 23.2 Å². The number of rotatable bonds is 5. The number of ether oxygens (including phenoxy) is 5. The van der Waals surface area contributed by atoms with Crippen molar-refractivity contribution in [1.82, 2.24) is 4.90 Å². The summed E-state index contributed by atoms with van der Waals surface area (Å²) >= 11 is 0. The monoisotopic (exact) mass is 475 g/mol. The molecule has 1 spiro atoms. The number of hydrogen-bond donors (Lipinski definition) is 2. The quantitative estimate of drug-likeness (QED) is 0.618. The molecule has 3 fully saturated rings. The van der Waals surface area contributed by atoms with Crippen LogP contribution >= 0.6 is 0 Å². The van der Waals surface area contributed by atoms with Crippen LogP contribution in [0, 0.1) is 0 Å². The van der Waals surface area contributed by atoms with Crippen molar-refractivity contribution in [3.63, 3.8) is 0 Å². The fourth-order valence-corrected chi connectivity index (χ4v) is 7.23. The Bertz CT molecular complexity index is 1030. The summed E-state index contributed by atoms with van der Waals surface area (Å²) in [6, 6.07) is 4.00. The Morgan fingerprint density at radius 3 is 2.59 bits per heavy atom. The minimum Gasteiger partial charge on any atom is -0.454 e. The van der Waals surface area contributed by atoms with E-state index in [0.29, 0.717) is 17.9 Å². The topological polar surface area (TPSA) is 107 Å². The number of esters is 1. The Hall–Kier alpha value is -1.91. The molecular weight excluding hydrogens is 442 g/mol. The van der Waals surface area contributed by atoms with E-state index in [2.05, 4.69) is 4.90 Å². The van der Waals surface area contributed by atoms with Crippen LogP contribution in [-0.4, -0.2) is 76.7 Å². The van der Waals surface area contributed by atoms with Crippen LogP contribution in [0.5, 0.6) is 11.5 Å². The second-order valence-corrected chi connectivity index (χ2v) is 11.4. The number of carbonyl (C=O) groups excluding carboxylic acids is 1. The molecule has 186 valence electrons. The van der Waals surface area contributed by atoms with Gasteiger partial charge in [-0.25, -0.2) is 4.79 Å². The normalized spacial score (nSPS) is 37.2. The van der Waals surface area contributed by atoms with Crippen LogP contribution in [0.4, 0.5) is 0 Å². The second-order valence-electron chi connectivity index (χ2n) is 11.4. The first-order valence-electron chi connectivity index (χ1n) is 12.1. The van der Waals surface area contributed by atoms with Crippen LogP contribution in [0.15, 0.2) is 12.1 Å². The van der Waals surface area contributed by atoms with E-state index in [0.717, 1.165) is 37.1 Å². The summed E-state index contributed by atoms with van der Waals surface area (Å²) in [5, 5.41) is 21.2. The van der Waals surface area contributed by atoms with Gasteiger partial charge in [0, 0.05) is 38.0 Å². The number of fused-ring (bicyclic) bond motifs is 1. The highest BCUT2D eigenvalue weighted by Crippen LogP contribution is 2.65. The first kappa shape index (κ1) is 22.5. The first-order chi connectivity index (χ1) is 16.0. The number of aliphatic hydroxyl groups is 2. The van der Waals surface area contributed by atoms with Crippen LogP contribution in [0.2, 0.25) is 0 Å². The Morgan fingerprint density at radius 2 is 1.91 bits per heavy atom. The predicted molar refractivity (Wildman–Crippen MR) is 118 cm³/mol. The van der Waals surface area contributed by atoms with Gasteiger partial charge in [0.25, 0.3) is 0 Å². The van der Waals surface area contributed by atoms with Crippen LogP contribution in [-0.2, 0) is 19.0 Å². The third-order valence-electron chi connectivity index (χ3n) is 8.32. The molecule has 7 rings (SSSR count). The van der Waals surface area contributed by atoms with E-state index in [1.54, 1.807) is 21.0 Å². The molecule has 6 aliphatic rings. The molecule has 5 aliphatic heterocycles. The largest absolute Gasteiger partial charge is 0.454 e. The molecule has 1 aromatic carbocycles. The van der Waals surface area contributed by atoms with Gasteiger partial charge in [-0.15, -0.1) is 0 Å². The fourth-order valence-electron chi connectivity index (χ4n) is 7.23. The van der Waals surface area contributed by atoms with Gasteiger partial charge in [-0.3, -0.25) is 4.90 Å². The van der Waals surface area contributed by atoms with Crippen molar-refractivity contribution in [3.8, 4) is 11.5 Å². The summed E-state index contributed by atoms with van der Waals surface area (Å²) in [6.45, 7) is 6.32. The highest BCUT2D eigenvalue weighted by Gasteiger charge is 2.72. The third-order valence-corrected chi connectivity index (χ3v) is 8.32. The Kier molecular flexibility index (Phi) is 4.69. The van der Waals surface area contributed by atoms with E-state index in [4.69, 9.17) is 23.7 Å². The smallest absolute Gasteiger partial charge is 0.338 e. The highest BCUT2D eigenvalue weighted by atomic mass is 16.7. The average molecular weight is 476 g/mol. The van der Waals surface area contributed by atoms with E-state index >= 15 is 0 Å². The van der Waals surface area contributed by atoms with Crippen LogP contribution in [0.25, 0.3) is 0 Å². The molecule has 2 saturated heterocycles. The lowest BCUT2D eigenvalue weighted by Crippen LogP contribution is -2.52. The SMILES string of the molecule is CO[C@]12C[C@]34CCCN3C[C@H](O1)c1cc3c(cc1[C@@H]4[C@@H]2OC(=O)[C@@](C)(O)CC(C)(C)O)OCO3. The number of hydrogen-bond acceptors (Lipinski definition) is 9. The van der Waals surface area contributed by atoms with Crippen molar-refractivity contribution in [2.24, 2.45) is 0 Å². The number of nitrogens with zero attached hydrogens (tertiary/aromatic N) is 1. The first-order valence-corrected chi connectivity index (χ1v) is 12.1. The minimum absolute atomic E-state index is 0.160. The summed E-state index contributed by atoms with van der Waals surface area (Å²) < 4.78 is 30.3. The molecule has 9 nitrogen and oxygen atoms in total. The van der Waals surface area contributed by atoms with Crippen molar-refractivity contribution in [3.05, 3.63) is 23.3 Å². The molecule has 0 aromatic heterocycles. The number of carbonyl (C=O) groups is 1. The van der Waals surface area contributed by atoms with Gasteiger partial charge in [0.2, 0.25) is 12.6 Å².